The van der Waals surface area contributed by atoms with Crippen LogP contribution in [-0.4, -0.2) is 30.4 Å². The van der Waals surface area contributed by atoms with Gasteiger partial charge >= 0.3 is 0 Å². The number of benzene rings is 1. The van der Waals surface area contributed by atoms with Gasteiger partial charge in [0.25, 0.3) is 0 Å². The maximum Gasteiger partial charge on any atom is 0.198 e. The monoisotopic (exact) mass is 257 g/mol. The molecule has 0 radical (unpaired) electrons. The Hall–Kier alpha value is -2.70. The van der Waals surface area contributed by atoms with E-state index in [0.717, 1.165) is 22.9 Å². The van der Waals surface area contributed by atoms with Crippen molar-refractivity contribution in [1.82, 2.24) is 9.97 Å². The fraction of sp³-hybridized carbons (Fsp3) is 0.167. The number of H-pyrrole nitrogens is 1. The topological polar surface area (TPSA) is 85.6 Å². The summed E-state index contributed by atoms with van der Waals surface area (Å²) in [5.41, 5.74) is 11.7. The number of aromatic amines is 1. The van der Waals surface area contributed by atoms with Gasteiger partial charge in [-0.1, -0.05) is 0 Å². The number of nitrogens with zero attached hydrogens (tertiary/aromatic N) is 4. The van der Waals surface area contributed by atoms with Crippen molar-refractivity contribution in [2.45, 2.75) is 0 Å². The Morgan fingerprint density at radius 2 is 2.16 bits per heavy atom. The van der Waals surface area contributed by atoms with Crippen LogP contribution in [0.5, 0.6) is 0 Å². The first-order valence-electron chi connectivity index (χ1n) is 5.85. The van der Waals surface area contributed by atoms with Gasteiger partial charge in [0.15, 0.2) is 11.6 Å². The minimum atomic E-state index is 0.651. The minimum absolute atomic E-state index is 0.651. The summed E-state index contributed by atoms with van der Waals surface area (Å²) in [7, 11) is 3.95. The highest BCUT2D eigenvalue weighted by Crippen LogP contribution is 2.32. The molecular weight excluding hydrogens is 242 g/mol. The van der Waals surface area contributed by atoms with Gasteiger partial charge in [-0.15, -0.1) is 0 Å². The van der Waals surface area contributed by atoms with Crippen LogP contribution in [0.15, 0.2) is 29.5 Å². The van der Waals surface area contributed by atoms with Crippen molar-refractivity contribution < 1.29 is 0 Å². The Morgan fingerprint density at radius 1 is 1.32 bits per heavy atom. The molecule has 0 saturated heterocycles. The highest BCUT2D eigenvalue weighted by molar-refractivity contribution is 5.93. The zero-order valence-electron chi connectivity index (χ0n) is 10.8. The van der Waals surface area contributed by atoms with Crippen molar-refractivity contribution >= 4 is 35.0 Å². The van der Waals surface area contributed by atoms with Crippen LogP contribution in [-0.2, 0) is 0 Å². The molecule has 1 aromatic carbocycles. The summed E-state index contributed by atoms with van der Waals surface area (Å²) in [5.74, 6) is 1.42. The van der Waals surface area contributed by atoms with Gasteiger partial charge in [-0.05, 0) is 18.2 Å². The number of aliphatic imine (C=N–C) groups is 1. The van der Waals surface area contributed by atoms with Gasteiger partial charge in [-0.25, -0.2) is 15.0 Å². The molecule has 3 rings (SSSR count). The van der Waals surface area contributed by atoms with Gasteiger partial charge in [0.1, 0.15) is 6.34 Å². The first-order chi connectivity index (χ1) is 9.15. The van der Waals surface area contributed by atoms with E-state index in [-0.39, 0.29) is 0 Å². The smallest absolute Gasteiger partial charge is 0.198 e. The normalized spacial score (nSPS) is 13.1. The zero-order valence-corrected chi connectivity index (χ0v) is 10.8. The number of nitrogens with two attached hydrogens (primary N) is 1. The van der Waals surface area contributed by atoms with E-state index in [1.807, 2.05) is 42.2 Å². The Labute approximate surface area is 110 Å². The van der Waals surface area contributed by atoms with E-state index in [1.54, 1.807) is 12.7 Å². The number of fused-ring (bicyclic) bond motifs is 1. The molecule has 1 aliphatic rings. The maximum absolute atomic E-state index is 5.84. The fourth-order valence-electron chi connectivity index (χ4n) is 1.95. The number of hydrogen-bond acceptors (Lipinski definition) is 6. The Balaban J connectivity index is 2.00. The van der Waals surface area contributed by atoms with Gasteiger partial charge in [-0.2, -0.15) is 0 Å². The molecule has 0 saturated carbocycles. The van der Waals surface area contributed by atoms with Crippen molar-refractivity contribution in [3.63, 3.8) is 0 Å². The third-order valence-corrected chi connectivity index (χ3v) is 2.89. The number of nitrogens with one attached hydrogen (secondary N) is 2. The van der Waals surface area contributed by atoms with Crippen LogP contribution in [0.2, 0.25) is 0 Å². The minimum Gasteiger partial charge on any atom is -0.399 e. The van der Waals surface area contributed by atoms with Crippen molar-refractivity contribution in [1.29, 1.82) is 0 Å². The second-order valence-corrected chi connectivity index (χ2v) is 4.47. The second-order valence-electron chi connectivity index (χ2n) is 4.47. The molecule has 4 N–H and O–H groups in total. The van der Waals surface area contributed by atoms with E-state index in [9.17, 15) is 0 Å². The molecule has 0 spiro atoms. The average Bonchev–Trinajstić information content (AvgIpc) is 2.85. The largest absolute Gasteiger partial charge is 0.399 e. The standard InChI is InChI=1S/C12H15N7/c1-18(2)10-5-8(13)3-4-9(10)19-7-16-11-12(17-19)15-6-14-11/h3-7,17H,13H2,1-2H3,(H,14,15). The van der Waals surface area contributed by atoms with E-state index in [2.05, 4.69) is 20.4 Å². The molecule has 19 heavy (non-hydrogen) atoms. The Bertz CT molecular complexity index is 629. The van der Waals surface area contributed by atoms with Crippen LogP contribution in [0.4, 0.5) is 28.7 Å². The lowest BCUT2D eigenvalue weighted by atomic mass is 10.2. The van der Waals surface area contributed by atoms with Crippen molar-refractivity contribution in [2.75, 3.05) is 35.2 Å². The van der Waals surface area contributed by atoms with Gasteiger partial charge in [-0.3, -0.25) is 5.43 Å². The van der Waals surface area contributed by atoms with Gasteiger partial charge in [0.05, 0.1) is 17.7 Å². The van der Waals surface area contributed by atoms with E-state index in [1.165, 1.54) is 0 Å². The van der Waals surface area contributed by atoms with Crippen molar-refractivity contribution in [3.8, 4) is 0 Å². The second kappa shape index (κ2) is 4.20. The van der Waals surface area contributed by atoms with Crippen LogP contribution in [0.1, 0.15) is 0 Å². The Kier molecular flexibility index (Phi) is 2.52. The third kappa shape index (κ3) is 1.95. The quantitative estimate of drug-likeness (QED) is 0.711. The van der Waals surface area contributed by atoms with E-state index >= 15 is 0 Å². The molecule has 0 amide bonds. The first-order valence-corrected chi connectivity index (χ1v) is 5.85. The number of imidazole rings is 1. The number of anilines is 4. The number of nitrogen functional groups attached to an aromatic ring is 1. The first kappa shape index (κ1) is 11.4. The zero-order chi connectivity index (χ0) is 13.4. The molecule has 0 atom stereocenters. The summed E-state index contributed by atoms with van der Waals surface area (Å²) < 4.78 is 0. The lowest BCUT2D eigenvalue weighted by Crippen LogP contribution is -2.32. The average molecular weight is 257 g/mol. The van der Waals surface area contributed by atoms with Crippen LogP contribution in [0.25, 0.3) is 0 Å². The van der Waals surface area contributed by atoms with Crippen molar-refractivity contribution in [2.24, 2.45) is 4.99 Å². The summed E-state index contributed by atoms with van der Waals surface area (Å²) in [5, 5.41) is 1.83. The van der Waals surface area contributed by atoms with Crippen LogP contribution in [0, 0.1) is 0 Å². The van der Waals surface area contributed by atoms with Gasteiger partial charge in [0, 0.05) is 19.8 Å². The molecule has 0 aliphatic carbocycles. The summed E-state index contributed by atoms with van der Waals surface area (Å²) in [6, 6.07) is 5.73. The molecule has 0 bridgehead atoms. The molecule has 2 aromatic rings. The predicted molar refractivity (Wildman–Crippen MR) is 78.0 cm³/mol. The lowest BCUT2D eigenvalue weighted by Gasteiger charge is -2.28. The van der Waals surface area contributed by atoms with Crippen LogP contribution < -0.4 is 21.1 Å². The predicted octanol–water partition coefficient (Wildman–Crippen LogP) is 1.56. The third-order valence-electron chi connectivity index (χ3n) is 2.89. The van der Waals surface area contributed by atoms with Crippen LogP contribution >= 0.6 is 0 Å². The van der Waals surface area contributed by atoms with Crippen molar-refractivity contribution in [3.05, 3.63) is 24.5 Å². The molecular formula is C12H15N7. The summed E-state index contributed by atoms with van der Waals surface area (Å²) in [6.45, 7) is 0. The van der Waals surface area contributed by atoms with E-state index < -0.39 is 0 Å². The summed E-state index contributed by atoms with van der Waals surface area (Å²) in [6.07, 6.45) is 3.30. The Morgan fingerprint density at radius 3 is 2.95 bits per heavy atom. The number of rotatable bonds is 2. The molecule has 1 aromatic heterocycles. The number of hydrogen-bond donors (Lipinski definition) is 3. The molecule has 7 nitrogen and oxygen atoms in total. The summed E-state index contributed by atoms with van der Waals surface area (Å²) >= 11 is 0. The summed E-state index contributed by atoms with van der Waals surface area (Å²) in [4.78, 5) is 13.4. The van der Waals surface area contributed by atoms with Gasteiger partial charge < -0.3 is 15.6 Å². The number of aromatic nitrogens is 2. The van der Waals surface area contributed by atoms with E-state index in [0.29, 0.717) is 5.82 Å². The number of hydrazine groups is 1. The molecule has 7 heteroatoms. The lowest BCUT2D eigenvalue weighted by molar-refractivity contribution is 1.10. The highest BCUT2D eigenvalue weighted by atomic mass is 15.6. The highest BCUT2D eigenvalue weighted by Gasteiger charge is 2.17. The molecule has 2 heterocycles. The molecule has 1 aliphatic heterocycles. The van der Waals surface area contributed by atoms with Crippen LogP contribution in [0.3, 0.4) is 0 Å². The van der Waals surface area contributed by atoms with Gasteiger partial charge in [0.2, 0.25) is 0 Å². The molecule has 0 unspecified atom stereocenters. The molecule has 0 fully saturated rings. The maximum atomic E-state index is 5.84. The van der Waals surface area contributed by atoms with E-state index in [4.69, 9.17) is 5.73 Å². The molecule has 98 valence electrons. The SMILES string of the molecule is CN(C)c1cc(N)ccc1N1C=Nc2nc[nH]c2N1. The fourth-order valence-corrected chi connectivity index (χ4v) is 1.95.